The number of rotatable bonds is 5. The summed E-state index contributed by atoms with van der Waals surface area (Å²) in [5, 5.41) is 3.58. The highest BCUT2D eigenvalue weighted by Gasteiger charge is 2.34. The molecule has 0 saturated carbocycles. The Bertz CT molecular complexity index is 923. The average molecular weight is 430 g/mol. The zero-order chi connectivity index (χ0) is 22.0. The molecule has 6 nitrogen and oxygen atoms in total. The van der Waals surface area contributed by atoms with Crippen LogP contribution < -0.4 is 5.32 Å². The molecule has 1 fully saturated rings. The predicted molar refractivity (Wildman–Crippen MR) is 114 cm³/mol. The first-order chi connectivity index (χ1) is 14.9. The lowest BCUT2D eigenvalue weighted by Gasteiger charge is -2.32. The van der Waals surface area contributed by atoms with E-state index >= 15 is 0 Å². The number of hydrogen-bond acceptors (Lipinski definition) is 4. The van der Waals surface area contributed by atoms with Crippen LogP contribution in [0.5, 0.6) is 0 Å². The Labute approximate surface area is 181 Å². The van der Waals surface area contributed by atoms with Crippen LogP contribution in [0.1, 0.15) is 55.1 Å². The van der Waals surface area contributed by atoms with Crippen molar-refractivity contribution < 1.29 is 13.6 Å². The molecule has 0 aliphatic carbocycles. The SMILES string of the molecule is CCC(F)(F)c1cnc2c(c1)CN(C(=O)N1CCC(NC(C)c3cccnc3)C1)CC2. The highest BCUT2D eigenvalue weighted by Crippen LogP contribution is 2.33. The molecule has 2 unspecified atom stereocenters. The lowest BCUT2D eigenvalue weighted by molar-refractivity contribution is -0.00879. The molecule has 4 rings (SSSR count). The summed E-state index contributed by atoms with van der Waals surface area (Å²) in [7, 11) is 0. The Hall–Kier alpha value is -2.61. The summed E-state index contributed by atoms with van der Waals surface area (Å²) >= 11 is 0. The van der Waals surface area contributed by atoms with E-state index in [9.17, 15) is 13.6 Å². The highest BCUT2D eigenvalue weighted by atomic mass is 19.3. The van der Waals surface area contributed by atoms with Gasteiger partial charge in [-0.1, -0.05) is 13.0 Å². The van der Waals surface area contributed by atoms with Crippen molar-refractivity contribution >= 4 is 6.03 Å². The molecule has 31 heavy (non-hydrogen) atoms. The Morgan fingerprint density at radius 1 is 1.32 bits per heavy atom. The molecule has 2 aliphatic heterocycles. The summed E-state index contributed by atoms with van der Waals surface area (Å²) in [5.41, 5.74) is 2.58. The van der Waals surface area contributed by atoms with E-state index in [4.69, 9.17) is 0 Å². The van der Waals surface area contributed by atoms with Gasteiger partial charge in [-0.25, -0.2) is 13.6 Å². The molecule has 8 heteroatoms. The second-order valence-corrected chi connectivity index (χ2v) is 8.45. The van der Waals surface area contributed by atoms with Crippen LogP contribution in [0.3, 0.4) is 0 Å². The lowest BCUT2D eigenvalue weighted by Crippen LogP contribution is -2.45. The van der Waals surface area contributed by atoms with E-state index in [0.717, 1.165) is 23.2 Å². The van der Waals surface area contributed by atoms with Gasteiger partial charge in [0.2, 0.25) is 0 Å². The number of fused-ring (bicyclic) bond motifs is 1. The number of likely N-dealkylation sites (tertiary alicyclic amines) is 1. The molecule has 2 aliphatic rings. The number of nitrogens with zero attached hydrogens (tertiary/aromatic N) is 4. The second kappa shape index (κ2) is 8.86. The van der Waals surface area contributed by atoms with Gasteiger partial charge in [-0.2, -0.15) is 0 Å². The highest BCUT2D eigenvalue weighted by molar-refractivity contribution is 5.75. The van der Waals surface area contributed by atoms with Crippen molar-refractivity contribution in [1.82, 2.24) is 25.1 Å². The van der Waals surface area contributed by atoms with Crippen molar-refractivity contribution in [2.45, 2.75) is 57.7 Å². The van der Waals surface area contributed by atoms with E-state index < -0.39 is 5.92 Å². The summed E-state index contributed by atoms with van der Waals surface area (Å²) in [6.07, 6.45) is 6.09. The number of amides is 2. The first kappa shape index (κ1) is 21.6. The number of aromatic nitrogens is 2. The summed E-state index contributed by atoms with van der Waals surface area (Å²) in [5.74, 6) is -2.90. The van der Waals surface area contributed by atoms with Crippen LogP contribution in [-0.4, -0.2) is 51.5 Å². The van der Waals surface area contributed by atoms with Gasteiger partial charge in [-0.05, 0) is 36.6 Å². The molecule has 1 saturated heterocycles. The van der Waals surface area contributed by atoms with Crippen LogP contribution >= 0.6 is 0 Å². The van der Waals surface area contributed by atoms with Crippen LogP contribution in [0.25, 0.3) is 0 Å². The first-order valence-corrected chi connectivity index (χ1v) is 10.9. The van der Waals surface area contributed by atoms with Crippen LogP contribution in [-0.2, 0) is 18.9 Å². The fourth-order valence-electron chi connectivity index (χ4n) is 4.35. The number of pyridine rings is 2. The molecule has 2 aromatic heterocycles. The van der Waals surface area contributed by atoms with E-state index in [1.165, 1.54) is 19.2 Å². The van der Waals surface area contributed by atoms with Gasteiger partial charge < -0.3 is 15.1 Å². The van der Waals surface area contributed by atoms with Gasteiger partial charge in [0.15, 0.2) is 0 Å². The molecule has 4 heterocycles. The zero-order valence-electron chi connectivity index (χ0n) is 18.0. The number of nitrogens with one attached hydrogen (secondary N) is 1. The largest absolute Gasteiger partial charge is 0.323 e. The van der Waals surface area contributed by atoms with E-state index in [-0.39, 0.29) is 30.1 Å². The molecule has 2 amide bonds. The van der Waals surface area contributed by atoms with Crippen LogP contribution in [0.4, 0.5) is 13.6 Å². The van der Waals surface area contributed by atoms with Gasteiger partial charge in [-0.3, -0.25) is 9.97 Å². The minimum absolute atomic E-state index is 0.0309. The monoisotopic (exact) mass is 429 g/mol. The molecule has 2 aromatic rings. The summed E-state index contributed by atoms with van der Waals surface area (Å²) in [6.45, 7) is 5.77. The predicted octanol–water partition coefficient (Wildman–Crippen LogP) is 3.88. The van der Waals surface area contributed by atoms with Crippen LogP contribution in [0.15, 0.2) is 36.8 Å². The molecule has 0 spiro atoms. The van der Waals surface area contributed by atoms with Gasteiger partial charge in [0, 0.05) is 81.0 Å². The van der Waals surface area contributed by atoms with E-state index in [2.05, 4.69) is 22.2 Å². The van der Waals surface area contributed by atoms with Crippen molar-refractivity contribution in [2.24, 2.45) is 0 Å². The first-order valence-electron chi connectivity index (χ1n) is 10.9. The lowest BCUT2D eigenvalue weighted by atomic mass is 10.0. The van der Waals surface area contributed by atoms with E-state index in [0.29, 0.717) is 32.6 Å². The van der Waals surface area contributed by atoms with Crippen LogP contribution in [0, 0.1) is 0 Å². The van der Waals surface area contributed by atoms with Crippen molar-refractivity contribution in [3.8, 4) is 0 Å². The molecule has 0 bridgehead atoms. The number of carbonyl (C=O) groups excluding carboxylic acids is 1. The number of alkyl halides is 2. The molecule has 0 aromatic carbocycles. The Balaban J connectivity index is 1.37. The number of urea groups is 1. The number of carbonyl (C=O) groups is 1. The van der Waals surface area contributed by atoms with Crippen molar-refractivity contribution in [3.63, 3.8) is 0 Å². The van der Waals surface area contributed by atoms with Gasteiger partial charge in [0.1, 0.15) is 0 Å². The molecular weight excluding hydrogens is 400 g/mol. The third-order valence-electron chi connectivity index (χ3n) is 6.31. The maximum atomic E-state index is 14.1. The Kier molecular flexibility index (Phi) is 6.18. The number of halogens is 2. The molecule has 1 N–H and O–H groups in total. The molecule has 166 valence electrons. The zero-order valence-corrected chi connectivity index (χ0v) is 18.0. The van der Waals surface area contributed by atoms with Crippen molar-refractivity contribution in [2.75, 3.05) is 19.6 Å². The van der Waals surface area contributed by atoms with Gasteiger partial charge in [0.25, 0.3) is 5.92 Å². The summed E-state index contributed by atoms with van der Waals surface area (Å²) < 4.78 is 28.2. The maximum absolute atomic E-state index is 14.1. The van der Waals surface area contributed by atoms with Gasteiger partial charge >= 0.3 is 6.03 Å². The Morgan fingerprint density at radius 2 is 2.16 bits per heavy atom. The normalized spacial score (nSPS) is 19.9. The minimum Gasteiger partial charge on any atom is -0.323 e. The van der Waals surface area contributed by atoms with Gasteiger partial charge in [-0.15, -0.1) is 0 Å². The summed E-state index contributed by atoms with van der Waals surface area (Å²) in [4.78, 5) is 25.1. The minimum atomic E-state index is -2.90. The van der Waals surface area contributed by atoms with Crippen LogP contribution in [0.2, 0.25) is 0 Å². The third kappa shape index (κ3) is 4.69. The number of hydrogen-bond donors (Lipinski definition) is 1. The van der Waals surface area contributed by atoms with E-state index in [1.807, 2.05) is 23.2 Å². The standard InChI is InChI=1S/C23H29F2N5O/c1-3-23(24,25)19-11-18-14-29(10-7-21(18)27-13-19)22(31)30-9-6-20(15-30)28-16(2)17-5-4-8-26-12-17/h4-5,8,11-13,16,20,28H,3,6-7,9-10,14-15H2,1-2H3. The fourth-order valence-corrected chi connectivity index (χ4v) is 4.35. The van der Waals surface area contributed by atoms with E-state index in [1.54, 1.807) is 11.1 Å². The quantitative estimate of drug-likeness (QED) is 0.784. The van der Waals surface area contributed by atoms with Crippen molar-refractivity contribution in [1.29, 1.82) is 0 Å². The molecular formula is C23H29F2N5O. The average Bonchev–Trinajstić information content (AvgIpc) is 3.26. The molecule has 0 radical (unpaired) electrons. The smallest absolute Gasteiger partial charge is 0.320 e. The third-order valence-corrected chi connectivity index (χ3v) is 6.31. The summed E-state index contributed by atoms with van der Waals surface area (Å²) in [6, 6.07) is 5.82. The van der Waals surface area contributed by atoms with Crippen molar-refractivity contribution in [3.05, 3.63) is 59.2 Å². The van der Waals surface area contributed by atoms with Gasteiger partial charge in [0.05, 0.1) is 0 Å². The topological polar surface area (TPSA) is 61.4 Å². The Morgan fingerprint density at radius 3 is 2.90 bits per heavy atom. The maximum Gasteiger partial charge on any atom is 0.320 e. The second-order valence-electron chi connectivity index (χ2n) is 8.45. The fraction of sp³-hybridized carbons (Fsp3) is 0.522. The molecule has 2 atom stereocenters.